The molecule has 2 nitrogen and oxygen atoms in total. The number of amides is 1. The lowest BCUT2D eigenvalue weighted by Crippen LogP contribution is -2.23. The molecule has 2 aromatic carbocycles. The van der Waals surface area contributed by atoms with Crippen molar-refractivity contribution in [2.24, 2.45) is 0 Å². The third-order valence-electron chi connectivity index (χ3n) is 3.73. The van der Waals surface area contributed by atoms with Crippen LogP contribution >= 0.6 is 0 Å². The number of hydrogen-bond acceptors (Lipinski definition) is 1. The van der Waals surface area contributed by atoms with Gasteiger partial charge in [0.25, 0.3) is 0 Å². The summed E-state index contributed by atoms with van der Waals surface area (Å²) in [5.41, 5.74) is 5.86. The first kappa shape index (κ1) is 12.0. The van der Waals surface area contributed by atoms with Crippen LogP contribution < -0.4 is 5.32 Å². The molecule has 0 fully saturated rings. The number of carbonyl (C=O) groups excluding carboxylic acids is 1. The van der Waals surface area contributed by atoms with Gasteiger partial charge in [-0.1, -0.05) is 47.5 Å². The van der Waals surface area contributed by atoms with Crippen molar-refractivity contribution in [1.82, 2.24) is 0 Å². The van der Waals surface area contributed by atoms with Crippen molar-refractivity contribution in [3.05, 3.63) is 64.7 Å². The van der Waals surface area contributed by atoms with Gasteiger partial charge < -0.3 is 5.32 Å². The Balaban J connectivity index is 2.09. The van der Waals surface area contributed by atoms with Crippen LogP contribution in [0.5, 0.6) is 0 Å². The zero-order valence-corrected chi connectivity index (χ0v) is 11.2. The molecule has 1 aliphatic rings. The monoisotopic (exact) mass is 251 g/mol. The Hall–Kier alpha value is -2.09. The van der Waals surface area contributed by atoms with Crippen molar-refractivity contribution < 1.29 is 4.79 Å². The molecule has 2 heteroatoms. The van der Waals surface area contributed by atoms with Crippen LogP contribution in [0.2, 0.25) is 0 Å². The van der Waals surface area contributed by atoms with E-state index in [0.717, 1.165) is 5.69 Å². The van der Waals surface area contributed by atoms with Crippen LogP contribution in [0.25, 0.3) is 0 Å². The van der Waals surface area contributed by atoms with Crippen molar-refractivity contribution in [1.29, 1.82) is 0 Å². The molecule has 1 atom stereocenters. The Labute approximate surface area is 113 Å². The second-order valence-corrected chi connectivity index (χ2v) is 5.31. The highest BCUT2D eigenvalue weighted by Gasteiger charge is 2.26. The lowest BCUT2D eigenvalue weighted by molar-refractivity contribution is -0.116. The highest BCUT2D eigenvalue weighted by atomic mass is 16.1. The Bertz CT molecular complexity index is 628. The SMILES string of the molecule is Cc1ccc(C2CC(=O)Nc3ccc(C)cc32)cc1. The number of benzene rings is 2. The van der Waals surface area contributed by atoms with E-state index in [4.69, 9.17) is 0 Å². The summed E-state index contributed by atoms with van der Waals surface area (Å²) < 4.78 is 0. The van der Waals surface area contributed by atoms with E-state index >= 15 is 0 Å². The van der Waals surface area contributed by atoms with Gasteiger partial charge in [0.1, 0.15) is 0 Å². The first-order chi connectivity index (χ1) is 9.13. The Kier molecular flexibility index (Phi) is 2.86. The Morgan fingerprint density at radius 3 is 2.42 bits per heavy atom. The second kappa shape index (κ2) is 4.54. The van der Waals surface area contributed by atoms with Gasteiger partial charge in [0.05, 0.1) is 0 Å². The van der Waals surface area contributed by atoms with Gasteiger partial charge >= 0.3 is 0 Å². The smallest absolute Gasteiger partial charge is 0.225 e. The summed E-state index contributed by atoms with van der Waals surface area (Å²) in [7, 11) is 0. The number of rotatable bonds is 1. The van der Waals surface area contributed by atoms with Gasteiger partial charge in [0.15, 0.2) is 0 Å². The molecule has 3 rings (SSSR count). The normalized spacial score (nSPS) is 17.8. The molecule has 1 aliphatic heterocycles. The number of nitrogens with one attached hydrogen (secondary N) is 1. The minimum Gasteiger partial charge on any atom is -0.326 e. The van der Waals surface area contributed by atoms with E-state index in [1.807, 2.05) is 12.1 Å². The average Bonchev–Trinajstić information content (AvgIpc) is 2.39. The van der Waals surface area contributed by atoms with Gasteiger partial charge in [0, 0.05) is 18.0 Å². The molecule has 1 unspecified atom stereocenters. The molecular formula is C17H17NO. The summed E-state index contributed by atoms with van der Waals surface area (Å²) in [5.74, 6) is 0.270. The maximum absolute atomic E-state index is 11.9. The summed E-state index contributed by atoms with van der Waals surface area (Å²) in [4.78, 5) is 11.9. The predicted molar refractivity (Wildman–Crippen MR) is 77.4 cm³/mol. The van der Waals surface area contributed by atoms with E-state index in [1.165, 1.54) is 22.3 Å². The summed E-state index contributed by atoms with van der Waals surface area (Å²) >= 11 is 0. The highest BCUT2D eigenvalue weighted by molar-refractivity contribution is 5.95. The number of aryl methyl sites for hydroxylation is 2. The van der Waals surface area contributed by atoms with Crippen molar-refractivity contribution >= 4 is 11.6 Å². The summed E-state index contributed by atoms with van der Waals surface area (Å²) in [6, 6.07) is 14.7. The minimum absolute atomic E-state index is 0.0990. The van der Waals surface area contributed by atoms with E-state index in [9.17, 15) is 4.79 Å². The molecule has 2 aromatic rings. The van der Waals surface area contributed by atoms with Crippen LogP contribution in [-0.2, 0) is 4.79 Å². The van der Waals surface area contributed by atoms with Gasteiger partial charge in [0.2, 0.25) is 5.91 Å². The molecule has 1 N–H and O–H groups in total. The van der Waals surface area contributed by atoms with Gasteiger partial charge in [-0.3, -0.25) is 4.79 Å². The summed E-state index contributed by atoms with van der Waals surface area (Å²) in [6.07, 6.45) is 0.527. The van der Waals surface area contributed by atoms with Crippen LogP contribution in [0.15, 0.2) is 42.5 Å². The van der Waals surface area contributed by atoms with Crippen molar-refractivity contribution in [3.8, 4) is 0 Å². The largest absolute Gasteiger partial charge is 0.326 e. The van der Waals surface area contributed by atoms with Crippen LogP contribution in [-0.4, -0.2) is 5.91 Å². The third-order valence-corrected chi connectivity index (χ3v) is 3.73. The first-order valence-corrected chi connectivity index (χ1v) is 6.60. The lowest BCUT2D eigenvalue weighted by atomic mass is 9.84. The zero-order chi connectivity index (χ0) is 13.4. The fourth-order valence-corrected chi connectivity index (χ4v) is 2.68. The number of fused-ring (bicyclic) bond motifs is 1. The first-order valence-electron chi connectivity index (χ1n) is 6.60. The molecule has 0 radical (unpaired) electrons. The van der Waals surface area contributed by atoms with Gasteiger partial charge in [-0.2, -0.15) is 0 Å². The molecular weight excluding hydrogens is 234 g/mol. The van der Waals surface area contributed by atoms with E-state index < -0.39 is 0 Å². The minimum atomic E-state index is 0.0990. The highest BCUT2D eigenvalue weighted by Crippen LogP contribution is 2.37. The van der Waals surface area contributed by atoms with Crippen molar-refractivity contribution in [2.45, 2.75) is 26.2 Å². The predicted octanol–water partition coefficient (Wildman–Crippen LogP) is 3.78. The van der Waals surface area contributed by atoms with Crippen LogP contribution in [0.4, 0.5) is 5.69 Å². The molecule has 0 spiro atoms. The van der Waals surface area contributed by atoms with E-state index in [0.29, 0.717) is 6.42 Å². The topological polar surface area (TPSA) is 29.1 Å². The maximum Gasteiger partial charge on any atom is 0.225 e. The lowest BCUT2D eigenvalue weighted by Gasteiger charge is -2.26. The standard InChI is InChI=1S/C17H17NO/c1-11-3-6-13(7-4-11)14-10-17(19)18-16-8-5-12(2)9-15(14)16/h3-9,14H,10H2,1-2H3,(H,18,19). The van der Waals surface area contributed by atoms with Crippen LogP contribution in [0.1, 0.15) is 34.6 Å². The number of anilines is 1. The summed E-state index contributed by atoms with van der Waals surface area (Å²) in [6.45, 7) is 4.17. The fourth-order valence-electron chi connectivity index (χ4n) is 2.68. The van der Waals surface area contributed by atoms with E-state index in [-0.39, 0.29) is 11.8 Å². The van der Waals surface area contributed by atoms with E-state index in [2.05, 4.69) is 49.5 Å². The molecule has 1 amide bonds. The number of hydrogen-bond donors (Lipinski definition) is 1. The molecule has 0 bridgehead atoms. The van der Waals surface area contributed by atoms with E-state index in [1.54, 1.807) is 0 Å². The molecule has 0 aliphatic carbocycles. The Morgan fingerprint density at radius 1 is 1.00 bits per heavy atom. The van der Waals surface area contributed by atoms with Gasteiger partial charge in [-0.15, -0.1) is 0 Å². The molecule has 96 valence electrons. The molecule has 0 aromatic heterocycles. The second-order valence-electron chi connectivity index (χ2n) is 5.31. The molecule has 0 saturated heterocycles. The molecule has 19 heavy (non-hydrogen) atoms. The summed E-state index contributed by atoms with van der Waals surface area (Å²) in [5, 5.41) is 2.96. The fraction of sp³-hybridized carbons (Fsp3) is 0.235. The molecule has 1 heterocycles. The van der Waals surface area contributed by atoms with Crippen molar-refractivity contribution in [2.75, 3.05) is 5.32 Å². The molecule has 0 saturated carbocycles. The van der Waals surface area contributed by atoms with Gasteiger partial charge in [-0.05, 0) is 31.0 Å². The van der Waals surface area contributed by atoms with Gasteiger partial charge in [-0.25, -0.2) is 0 Å². The zero-order valence-electron chi connectivity index (χ0n) is 11.2. The average molecular weight is 251 g/mol. The third kappa shape index (κ3) is 2.26. The Morgan fingerprint density at radius 2 is 1.68 bits per heavy atom. The number of carbonyl (C=O) groups is 1. The van der Waals surface area contributed by atoms with Crippen LogP contribution in [0, 0.1) is 13.8 Å². The quantitative estimate of drug-likeness (QED) is 0.821. The van der Waals surface area contributed by atoms with Crippen molar-refractivity contribution in [3.63, 3.8) is 0 Å². The maximum atomic E-state index is 11.9. The van der Waals surface area contributed by atoms with Crippen LogP contribution in [0.3, 0.4) is 0 Å².